The molecule has 7 nitrogen and oxygen atoms in total. The maximum Gasteiger partial charge on any atom is 0.308 e. The normalized spacial score (nSPS) is 20.3. The quantitative estimate of drug-likeness (QED) is 0.403. The first-order chi connectivity index (χ1) is 14.5. The van der Waals surface area contributed by atoms with Crippen LogP contribution in [0.4, 0.5) is 5.69 Å². The standard InChI is InChI=1S/C23H28N2O5/c1-3-15-8-7-9-16(4-2)21(15)24-19(26)14-30-20(27)12-13-25-22(28)17-10-5-6-11-18(17)23(25)29/h5-9,17-18H,3-4,10-14H2,1-2H3,(H,24,26)/t17-,18-/m1/s1. The van der Waals surface area contributed by atoms with E-state index in [0.29, 0.717) is 12.8 Å². The number of para-hydroxylation sites is 1. The fourth-order valence-corrected chi connectivity index (χ4v) is 4.09. The minimum atomic E-state index is -0.613. The molecule has 0 aromatic heterocycles. The molecule has 1 N–H and O–H groups in total. The van der Waals surface area contributed by atoms with Gasteiger partial charge in [0.15, 0.2) is 6.61 Å². The summed E-state index contributed by atoms with van der Waals surface area (Å²) in [6.07, 6.45) is 6.40. The number of nitrogens with one attached hydrogen (secondary N) is 1. The van der Waals surface area contributed by atoms with Gasteiger partial charge in [-0.1, -0.05) is 44.2 Å². The highest BCUT2D eigenvalue weighted by Gasteiger charge is 2.46. The van der Waals surface area contributed by atoms with Gasteiger partial charge in [-0.05, 0) is 36.8 Å². The molecule has 2 atom stereocenters. The number of benzene rings is 1. The van der Waals surface area contributed by atoms with Gasteiger partial charge in [-0.3, -0.25) is 24.1 Å². The molecular weight excluding hydrogens is 384 g/mol. The van der Waals surface area contributed by atoms with Gasteiger partial charge in [0, 0.05) is 12.2 Å². The Morgan fingerprint density at radius 2 is 1.60 bits per heavy atom. The Hall–Kier alpha value is -2.96. The van der Waals surface area contributed by atoms with Crippen molar-refractivity contribution in [2.45, 2.75) is 46.0 Å². The van der Waals surface area contributed by atoms with Crippen LogP contribution < -0.4 is 5.32 Å². The predicted octanol–water partition coefficient (Wildman–Crippen LogP) is 2.63. The molecule has 7 heteroatoms. The van der Waals surface area contributed by atoms with Crippen molar-refractivity contribution < 1.29 is 23.9 Å². The summed E-state index contributed by atoms with van der Waals surface area (Å²) in [5, 5.41) is 2.84. The molecule has 2 aliphatic rings. The van der Waals surface area contributed by atoms with E-state index in [1.807, 2.05) is 44.2 Å². The lowest BCUT2D eigenvalue weighted by Crippen LogP contribution is -2.33. The largest absolute Gasteiger partial charge is 0.456 e. The number of allylic oxidation sites excluding steroid dienone is 2. The summed E-state index contributed by atoms with van der Waals surface area (Å²) < 4.78 is 5.06. The lowest BCUT2D eigenvalue weighted by molar-refractivity contribution is -0.148. The van der Waals surface area contributed by atoms with Gasteiger partial charge in [0.1, 0.15) is 0 Å². The lowest BCUT2D eigenvalue weighted by atomic mass is 9.85. The van der Waals surface area contributed by atoms with Crippen molar-refractivity contribution in [3.05, 3.63) is 41.5 Å². The average Bonchev–Trinajstić information content (AvgIpc) is 3.01. The maximum atomic E-state index is 12.4. The van der Waals surface area contributed by atoms with Gasteiger partial charge in [0.05, 0.1) is 18.3 Å². The molecule has 3 amide bonds. The number of aryl methyl sites for hydroxylation is 2. The number of ether oxygens (including phenoxy) is 1. The molecule has 30 heavy (non-hydrogen) atoms. The minimum absolute atomic E-state index is 0.0101. The highest BCUT2D eigenvalue weighted by Crippen LogP contribution is 2.35. The lowest BCUT2D eigenvalue weighted by Gasteiger charge is -2.15. The maximum absolute atomic E-state index is 12.4. The summed E-state index contributed by atoms with van der Waals surface area (Å²) in [6.45, 7) is 3.61. The van der Waals surface area contributed by atoms with Crippen molar-refractivity contribution in [3.8, 4) is 0 Å². The van der Waals surface area contributed by atoms with Crippen molar-refractivity contribution in [2.75, 3.05) is 18.5 Å². The van der Waals surface area contributed by atoms with E-state index in [2.05, 4.69) is 5.32 Å². The summed E-state index contributed by atoms with van der Waals surface area (Å²) in [4.78, 5) is 50.3. The summed E-state index contributed by atoms with van der Waals surface area (Å²) in [7, 11) is 0. The fourth-order valence-electron chi connectivity index (χ4n) is 4.09. The van der Waals surface area contributed by atoms with E-state index >= 15 is 0 Å². The van der Waals surface area contributed by atoms with Gasteiger partial charge in [-0.15, -0.1) is 0 Å². The first-order valence-corrected chi connectivity index (χ1v) is 10.5. The number of hydrogen-bond donors (Lipinski definition) is 1. The zero-order valence-corrected chi connectivity index (χ0v) is 17.5. The topological polar surface area (TPSA) is 92.8 Å². The zero-order chi connectivity index (χ0) is 21.7. The van der Waals surface area contributed by atoms with Crippen LogP contribution in [0.25, 0.3) is 0 Å². The third-order valence-corrected chi connectivity index (χ3v) is 5.77. The second-order valence-corrected chi connectivity index (χ2v) is 7.60. The molecule has 1 heterocycles. The van der Waals surface area contributed by atoms with Crippen LogP contribution in [-0.4, -0.2) is 41.7 Å². The molecule has 1 saturated heterocycles. The Kier molecular flexibility index (Phi) is 7.03. The average molecular weight is 412 g/mol. The van der Waals surface area contributed by atoms with E-state index in [-0.39, 0.29) is 36.6 Å². The number of nitrogens with zero attached hydrogens (tertiary/aromatic N) is 1. The molecule has 160 valence electrons. The first kappa shape index (κ1) is 21.7. The van der Waals surface area contributed by atoms with Crippen molar-refractivity contribution in [2.24, 2.45) is 11.8 Å². The monoisotopic (exact) mass is 412 g/mol. The van der Waals surface area contributed by atoms with Gasteiger partial charge in [0.2, 0.25) is 11.8 Å². The van der Waals surface area contributed by atoms with Crippen LogP contribution in [0.15, 0.2) is 30.4 Å². The molecular formula is C23H28N2O5. The molecule has 1 aromatic rings. The molecule has 1 aliphatic heterocycles. The van der Waals surface area contributed by atoms with E-state index in [4.69, 9.17) is 4.74 Å². The second kappa shape index (κ2) is 9.69. The Morgan fingerprint density at radius 3 is 2.13 bits per heavy atom. The highest BCUT2D eigenvalue weighted by atomic mass is 16.5. The number of rotatable bonds is 8. The number of carbonyl (C=O) groups excluding carboxylic acids is 4. The second-order valence-electron chi connectivity index (χ2n) is 7.60. The third kappa shape index (κ3) is 4.61. The SMILES string of the molecule is CCc1cccc(CC)c1NC(=O)COC(=O)CCN1C(=O)[C@@H]2CC=CC[C@H]2C1=O. The van der Waals surface area contributed by atoms with E-state index in [9.17, 15) is 19.2 Å². The molecule has 0 spiro atoms. The summed E-state index contributed by atoms with van der Waals surface area (Å²) in [5.74, 6) is -2.08. The van der Waals surface area contributed by atoms with Crippen molar-refractivity contribution in [1.29, 1.82) is 0 Å². The fraction of sp³-hybridized carbons (Fsp3) is 0.478. The Labute approximate surface area is 176 Å². The van der Waals surface area contributed by atoms with Crippen LogP contribution in [0.2, 0.25) is 0 Å². The Morgan fingerprint density at radius 1 is 1.03 bits per heavy atom. The predicted molar refractivity (Wildman–Crippen MR) is 111 cm³/mol. The van der Waals surface area contributed by atoms with Crippen LogP contribution >= 0.6 is 0 Å². The molecule has 1 aliphatic carbocycles. The summed E-state index contributed by atoms with van der Waals surface area (Å²) in [5.41, 5.74) is 2.82. The van der Waals surface area contributed by atoms with Crippen LogP contribution in [0.3, 0.4) is 0 Å². The smallest absolute Gasteiger partial charge is 0.308 e. The molecule has 1 aromatic carbocycles. The number of likely N-dealkylation sites (tertiary alicyclic amines) is 1. The van der Waals surface area contributed by atoms with Gasteiger partial charge in [-0.2, -0.15) is 0 Å². The van der Waals surface area contributed by atoms with Crippen molar-refractivity contribution in [1.82, 2.24) is 4.90 Å². The molecule has 1 fully saturated rings. The van der Waals surface area contributed by atoms with Crippen LogP contribution in [0.1, 0.15) is 44.2 Å². The van der Waals surface area contributed by atoms with Crippen molar-refractivity contribution in [3.63, 3.8) is 0 Å². The number of esters is 1. The molecule has 0 radical (unpaired) electrons. The zero-order valence-electron chi connectivity index (χ0n) is 17.5. The third-order valence-electron chi connectivity index (χ3n) is 5.77. The van der Waals surface area contributed by atoms with Gasteiger partial charge >= 0.3 is 5.97 Å². The van der Waals surface area contributed by atoms with Gasteiger partial charge in [0.25, 0.3) is 5.91 Å². The summed E-state index contributed by atoms with van der Waals surface area (Å²) in [6, 6.07) is 5.87. The molecule has 0 bridgehead atoms. The first-order valence-electron chi connectivity index (χ1n) is 10.5. The Bertz CT molecular complexity index is 828. The number of carbonyl (C=O) groups is 4. The molecule has 0 saturated carbocycles. The van der Waals surface area contributed by atoms with E-state index in [1.165, 1.54) is 0 Å². The van der Waals surface area contributed by atoms with Crippen molar-refractivity contribution >= 4 is 29.4 Å². The van der Waals surface area contributed by atoms with E-state index in [0.717, 1.165) is 34.6 Å². The summed E-state index contributed by atoms with van der Waals surface area (Å²) >= 11 is 0. The highest BCUT2D eigenvalue weighted by molar-refractivity contribution is 6.05. The van der Waals surface area contributed by atoms with Gasteiger partial charge in [-0.25, -0.2) is 0 Å². The van der Waals surface area contributed by atoms with Crippen LogP contribution in [0.5, 0.6) is 0 Å². The number of fused-ring (bicyclic) bond motifs is 1. The van der Waals surface area contributed by atoms with Crippen LogP contribution in [-0.2, 0) is 36.8 Å². The number of hydrogen-bond acceptors (Lipinski definition) is 5. The molecule has 0 unspecified atom stereocenters. The van der Waals surface area contributed by atoms with E-state index in [1.54, 1.807) is 0 Å². The molecule has 3 rings (SSSR count). The number of anilines is 1. The van der Waals surface area contributed by atoms with Crippen LogP contribution in [0, 0.1) is 11.8 Å². The Balaban J connectivity index is 1.48. The minimum Gasteiger partial charge on any atom is -0.456 e. The van der Waals surface area contributed by atoms with E-state index < -0.39 is 18.5 Å². The number of amides is 3. The number of imide groups is 1. The van der Waals surface area contributed by atoms with Gasteiger partial charge < -0.3 is 10.1 Å².